The second-order valence-corrected chi connectivity index (χ2v) is 7.68. The average Bonchev–Trinajstić information content (AvgIpc) is 3.13. The molecule has 7 heteroatoms. The predicted octanol–water partition coefficient (Wildman–Crippen LogP) is 2.29. The first-order valence-electron chi connectivity index (χ1n) is 10.1. The van der Waals surface area contributed by atoms with Crippen molar-refractivity contribution in [2.24, 2.45) is 10.9 Å². The number of allylic oxidation sites excluding steroid dienone is 4. The van der Waals surface area contributed by atoms with E-state index in [-0.39, 0.29) is 30.8 Å². The van der Waals surface area contributed by atoms with Gasteiger partial charge in [-0.25, -0.2) is 0 Å². The smallest absolute Gasteiger partial charge is 0.224 e. The highest BCUT2D eigenvalue weighted by Crippen LogP contribution is 2.38. The summed E-state index contributed by atoms with van der Waals surface area (Å²) in [7, 11) is 0. The van der Waals surface area contributed by atoms with E-state index < -0.39 is 5.92 Å². The van der Waals surface area contributed by atoms with Crippen LogP contribution < -0.4 is 10.6 Å². The summed E-state index contributed by atoms with van der Waals surface area (Å²) in [6.07, 6.45) is 10.6. The molecule has 30 heavy (non-hydrogen) atoms. The number of anilines is 1. The zero-order valence-corrected chi connectivity index (χ0v) is 16.8. The molecule has 2 atom stereocenters. The fourth-order valence-electron chi connectivity index (χ4n) is 3.87. The summed E-state index contributed by atoms with van der Waals surface area (Å²) in [4.78, 5) is 33.3. The van der Waals surface area contributed by atoms with Gasteiger partial charge in [-0.2, -0.15) is 0 Å². The van der Waals surface area contributed by atoms with E-state index in [4.69, 9.17) is 0 Å². The van der Waals surface area contributed by atoms with Crippen LogP contribution in [-0.2, 0) is 11.2 Å². The summed E-state index contributed by atoms with van der Waals surface area (Å²) >= 11 is 0. The molecule has 7 nitrogen and oxygen atoms in total. The highest BCUT2D eigenvalue weighted by atomic mass is 16.3. The van der Waals surface area contributed by atoms with Gasteiger partial charge in [-0.1, -0.05) is 11.8 Å². The van der Waals surface area contributed by atoms with E-state index in [0.717, 1.165) is 34.8 Å². The van der Waals surface area contributed by atoms with Gasteiger partial charge in [0.05, 0.1) is 35.2 Å². The van der Waals surface area contributed by atoms with Gasteiger partial charge in [0, 0.05) is 37.3 Å². The molecule has 4 N–H and O–H groups in total. The number of aliphatic imine (C=N–C) groups is 1. The Balaban J connectivity index is 1.71. The first kappa shape index (κ1) is 19.9. The predicted molar refractivity (Wildman–Crippen MR) is 115 cm³/mol. The maximum Gasteiger partial charge on any atom is 0.224 e. The van der Waals surface area contributed by atoms with Crippen molar-refractivity contribution < 1.29 is 14.7 Å². The fourth-order valence-corrected chi connectivity index (χ4v) is 3.87. The standard InChI is InChI=1S/C23H24N4O3/c1-14(13-28)25-23(30)16-11-18-20(19(29)12-16)22(26-17-5-3-2-4-6-17)21(27-18)15-7-9-24-10-8-15/h2-3,5,7,9,14,16,26-28H,8,10-13H2,1H3,(H,25,30)/t14-,16?/m0/s1. The largest absolute Gasteiger partial charge is 0.394 e. The van der Waals surface area contributed by atoms with E-state index in [1.807, 2.05) is 18.2 Å². The summed E-state index contributed by atoms with van der Waals surface area (Å²) in [5.74, 6) is -0.754. The number of aromatic amines is 1. The van der Waals surface area contributed by atoms with Gasteiger partial charge < -0.3 is 20.7 Å². The molecule has 1 unspecified atom stereocenters. The Morgan fingerprint density at radius 1 is 1.43 bits per heavy atom. The number of aromatic nitrogens is 1. The number of dihydropyridines is 1. The molecule has 1 aliphatic heterocycles. The first-order valence-corrected chi connectivity index (χ1v) is 10.1. The second kappa shape index (κ2) is 8.56. The van der Waals surface area contributed by atoms with Crippen molar-refractivity contribution in [3.8, 4) is 0 Å². The zero-order chi connectivity index (χ0) is 21.1. The number of hydrogen-bond donors (Lipinski definition) is 4. The van der Waals surface area contributed by atoms with Gasteiger partial charge in [0.1, 0.15) is 0 Å². The minimum Gasteiger partial charge on any atom is -0.394 e. The summed E-state index contributed by atoms with van der Waals surface area (Å²) in [5, 5.41) is 15.3. The Morgan fingerprint density at radius 2 is 2.30 bits per heavy atom. The lowest BCUT2D eigenvalue weighted by Gasteiger charge is -2.23. The van der Waals surface area contributed by atoms with Crippen molar-refractivity contribution in [2.45, 2.75) is 32.2 Å². The minimum absolute atomic E-state index is 0.0805. The number of hydrogen-bond acceptors (Lipinski definition) is 5. The van der Waals surface area contributed by atoms with Crippen LogP contribution >= 0.6 is 0 Å². The van der Waals surface area contributed by atoms with Gasteiger partial charge >= 0.3 is 0 Å². The molecule has 2 aliphatic carbocycles. The maximum absolute atomic E-state index is 13.1. The minimum atomic E-state index is -0.461. The third-order valence-corrected chi connectivity index (χ3v) is 5.39. The van der Waals surface area contributed by atoms with E-state index in [9.17, 15) is 14.7 Å². The topological polar surface area (TPSA) is 107 Å². The Hall–Kier alpha value is -3.37. The number of aliphatic hydroxyl groups is 1. The van der Waals surface area contributed by atoms with E-state index in [0.29, 0.717) is 18.5 Å². The summed E-state index contributed by atoms with van der Waals surface area (Å²) in [6.45, 7) is 2.28. The molecule has 0 saturated heterocycles. The molecule has 4 rings (SSSR count). The number of nitrogens with zero attached hydrogens (tertiary/aromatic N) is 1. The number of aliphatic hydroxyl groups excluding tert-OH is 1. The van der Waals surface area contributed by atoms with Crippen LogP contribution in [0.1, 0.15) is 41.5 Å². The molecular formula is C23H24N4O3. The van der Waals surface area contributed by atoms with E-state index in [1.54, 1.807) is 19.2 Å². The molecule has 154 valence electrons. The first-order chi connectivity index (χ1) is 14.6. The number of carbonyl (C=O) groups excluding carboxylic acids is 2. The quantitative estimate of drug-likeness (QED) is 0.546. The summed E-state index contributed by atoms with van der Waals surface area (Å²) < 4.78 is 0. The van der Waals surface area contributed by atoms with Crippen molar-refractivity contribution >= 4 is 29.2 Å². The molecule has 0 radical (unpaired) electrons. The molecule has 0 bridgehead atoms. The van der Waals surface area contributed by atoms with Crippen molar-refractivity contribution in [1.29, 1.82) is 0 Å². The van der Waals surface area contributed by atoms with Crippen molar-refractivity contribution in [1.82, 2.24) is 10.3 Å². The third kappa shape index (κ3) is 4.00. The lowest BCUT2D eigenvalue weighted by atomic mass is 9.85. The van der Waals surface area contributed by atoms with Gasteiger partial charge in [-0.05, 0) is 42.9 Å². The number of H-pyrrole nitrogens is 1. The van der Waals surface area contributed by atoms with Crippen molar-refractivity contribution in [3.05, 3.63) is 58.4 Å². The Labute approximate surface area is 174 Å². The monoisotopic (exact) mass is 404 g/mol. The normalized spacial score (nSPS) is 20.5. The number of Topliss-reactive ketones (excluding diaryl/α,β-unsaturated/α-hetero) is 1. The van der Waals surface area contributed by atoms with Gasteiger partial charge in [0.2, 0.25) is 5.91 Å². The number of nitrogens with one attached hydrogen (secondary N) is 3. The van der Waals surface area contributed by atoms with Crippen LogP contribution in [-0.4, -0.2) is 47.2 Å². The zero-order valence-electron chi connectivity index (χ0n) is 16.8. The highest BCUT2D eigenvalue weighted by molar-refractivity contribution is 6.08. The summed E-state index contributed by atoms with van der Waals surface area (Å²) in [5.41, 5.74) is 10.6. The molecule has 1 aromatic rings. The maximum atomic E-state index is 13.1. The molecule has 3 aliphatic rings. The lowest BCUT2D eigenvalue weighted by molar-refractivity contribution is -0.126. The second-order valence-electron chi connectivity index (χ2n) is 7.68. The molecule has 0 spiro atoms. The Kier molecular flexibility index (Phi) is 5.68. The average molecular weight is 404 g/mol. The molecule has 1 amide bonds. The van der Waals surface area contributed by atoms with E-state index >= 15 is 0 Å². The molecular weight excluding hydrogens is 380 g/mol. The number of amides is 1. The van der Waals surface area contributed by atoms with Crippen LogP contribution in [0.25, 0.3) is 5.57 Å². The fraction of sp³-hybridized carbons (Fsp3) is 0.348. The molecule has 0 aromatic carbocycles. The van der Waals surface area contributed by atoms with Crippen LogP contribution in [0.4, 0.5) is 5.69 Å². The summed E-state index contributed by atoms with van der Waals surface area (Å²) in [6, 6.07) is -0.345. The van der Waals surface area contributed by atoms with E-state index in [1.165, 1.54) is 0 Å². The Morgan fingerprint density at radius 3 is 3.00 bits per heavy atom. The van der Waals surface area contributed by atoms with Crippen LogP contribution in [0.15, 0.2) is 46.5 Å². The number of ketones is 1. The van der Waals surface area contributed by atoms with Crippen LogP contribution in [0.5, 0.6) is 0 Å². The van der Waals surface area contributed by atoms with Crippen LogP contribution in [0.3, 0.4) is 0 Å². The van der Waals surface area contributed by atoms with E-state index in [2.05, 4.69) is 32.1 Å². The SMILES string of the molecule is C[C@@H](CO)NC(=O)C1CC(=O)c2c([nH]c(C3=CC=NCC3)c2NC2=C=C=CC=C2)C1. The van der Waals surface area contributed by atoms with Crippen LogP contribution in [0.2, 0.25) is 0 Å². The van der Waals surface area contributed by atoms with Crippen molar-refractivity contribution in [2.75, 3.05) is 18.5 Å². The molecule has 0 fully saturated rings. The van der Waals surface area contributed by atoms with Gasteiger partial charge in [-0.15, -0.1) is 0 Å². The van der Waals surface area contributed by atoms with Gasteiger partial charge in [-0.3, -0.25) is 14.6 Å². The third-order valence-electron chi connectivity index (χ3n) is 5.39. The highest BCUT2D eigenvalue weighted by Gasteiger charge is 2.35. The number of rotatable bonds is 6. The molecule has 0 saturated carbocycles. The molecule has 2 heterocycles. The van der Waals surface area contributed by atoms with Gasteiger partial charge in [0.15, 0.2) is 5.78 Å². The van der Waals surface area contributed by atoms with Crippen LogP contribution in [0, 0.1) is 5.92 Å². The number of fused-ring (bicyclic) bond motifs is 1. The lowest BCUT2D eigenvalue weighted by Crippen LogP contribution is -2.41. The van der Waals surface area contributed by atoms with Crippen molar-refractivity contribution in [3.63, 3.8) is 0 Å². The Bertz CT molecular complexity index is 1080. The number of carbonyl (C=O) groups is 2. The van der Waals surface area contributed by atoms with Gasteiger partial charge in [0.25, 0.3) is 0 Å². The molecule has 1 aromatic heterocycles.